The predicted molar refractivity (Wildman–Crippen MR) is 92.1 cm³/mol. The quantitative estimate of drug-likeness (QED) is 0.744. The van der Waals surface area contributed by atoms with Crippen LogP contribution in [0.5, 0.6) is 0 Å². The monoisotopic (exact) mass is 343 g/mol. The molecule has 1 unspecified atom stereocenters. The second-order valence-corrected chi connectivity index (χ2v) is 6.12. The van der Waals surface area contributed by atoms with Crippen molar-refractivity contribution in [3.8, 4) is 0 Å². The number of furan rings is 1. The van der Waals surface area contributed by atoms with Gasteiger partial charge in [-0.2, -0.15) is 5.10 Å². The van der Waals surface area contributed by atoms with Gasteiger partial charge in [0.25, 0.3) is 5.91 Å². The summed E-state index contributed by atoms with van der Waals surface area (Å²) in [6.45, 7) is 2.40. The van der Waals surface area contributed by atoms with E-state index >= 15 is 0 Å². The van der Waals surface area contributed by atoms with E-state index in [2.05, 4.69) is 10.4 Å². The van der Waals surface area contributed by atoms with Crippen LogP contribution >= 0.6 is 11.6 Å². The SMILES string of the molecule is CC(Cc1ccccc1)NC(=O)c1ccc(Cn2cc(Cl)cn2)o1. The fourth-order valence-corrected chi connectivity index (χ4v) is 2.64. The van der Waals surface area contributed by atoms with Crippen LogP contribution in [0.3, 0.4) is 0 Å². The Balaban J connectivity index is 1.57. The van der Waals surface area contributed by atoms with Gasteiger partial charge in [0.15, 0.2) is 5.76 Å². The Labute approximate surface area is 145 Å². The maximum absolute atomic E-state index is 12.3. The molecule has 1 N–H and O–H groups in total. The van der Waals surface area contributed by atoms with Crippen molar-refractivity contribution >= 4 is 17.5 Å². The van der Waals surface area contributed by atoms with Crippen LogP contribution in [0, 0.1) is 0 Å². The molecule has 1 atom stereocenters. The van der Waals surface area contributed by atoms with Gasteiger partial charge in [-0.25, -0.2) is 0 Å². The highest BCUT2D eigenvalue weighted by atomic mass is 35.5. The van der Waals surface area contributed by atoms with E-state index in [-0.39, 0.29) is 11.9 Å². The second kappa shape index (κ2) is 7.36. The normalized spacial score (nSPS) is 12.1. The van der Waals surface area contributed by atoms with E-state index in [4.69, 9.17) is 16.0 Å². The molecule has 0 saturated heterocycles. The number of carbonyl (C=O) groups excluding carboxylic acids is 1. The van der Waals surface area contributed by atoms with Gasteiger partial charge in [0.05, 0.1) is 17.8 Å². The maximum Gasteiger partial charge on any atom is 0.287 e. The van der Waals surface area contributed by atoms with Crippen LogP contribution in [0.2, 0.25) is 5.02 Å². The van der Waals surface area contributed by atoms with Gasteiger partial charge < -0.3 is 9.73 Å². The molecule has 1 amide bonds. The van der Waals surface area contributed by atoms with E-state index < -0.39 is 0 Å². The molecule has 6 heteroatoms. The molecule has 0 saturated carbocycles. The number of aromatic nitrogens is 2. The Kier molecular flexibility index (Phi) is 5.01. The summed E-state index contributed by atoms with van der Waals surface area (Å²) in [5.74, 6) is 0.724. The lowest BCUT2D eigenvalue weighted by molar-refractivity contribution is 0.0910. The molecule has 1 aromatic carbocycles. The summed E-state index contributed by atoms with van der Waals surface area (Å²) in [5, 5.41) is 7.60. The first kappa shape index (κ1) is 16.3. The van der Waals surface area contributed by atoms with Gasteiger partial charge in [0.1, 0.15) is 5.76 Å². The van der Waals surface area contributed by atoms with Crippen LogP contribution in [-0.4, -0.2) is 21.7 Å². The molecule has 3 aromatic rings. The van der Waals surface area contributed by atoms with Gasteiger partial charge >= 0.3 is 0 Å². The van der Waals surface area contributed by atoms with Crippen molar-refractivity contribution in [2.75, 3.05) is 0 Å². The van der Waals surface area contributed by atoms with Crippen LogP contribution in [0.1, 0.15) is 28.8 Å². The van der Waals surface area contributed by atoms with Crippen molar-refractivity contribution in [2.45, 2.75) is 25.9 Å². The number of amides is 1. The summed E-state index contributed by atoms with van der Waals surface area (Å²) in [7, 11) is 0. The summed E-state index contributed by atoms with van der Waals surface area (Å²) < 4.78 is 7.25. The number of carbonyl (C=O) groups is 1. The number of benzene rings is 1. The Morgan fingerprint density at radius 1 is 1.29 bits per heavy atom. The van der Waals surface area contributed by atoms with Crippen LogP contribution < -0.4 is 5.32 Å². The van der Waals surface area contributed by atoms with Crippen LogP contribution in [0.4, 0.5) is 0 Å². The molecule has 2 aromatic heterocycles. The molecule has 0 aliphatic carbocycles. The Morgan fingerprint density at radius 2 is 2.08 bits per heavy atom. The van der Waals surface area contributed by atoms with E-state index in [1.54, 1.807) is 29.2 Å². The standard InChI is InChI=1S/C18H18ClN3O2/c1-13(9-14-5-3-2-4-6-14)21-18(23)17-8-7-16(24-17)12-22-11-15(19)10-20-22/h2-8,10-11,13H,9,12H2,1H3,(H,21,23). The molecule has 0 fully saturated rings. The summed E-state index contributed by atoms with van der Waals surface area (Å²) in [6, 6.07) is 13.5. The Bertz CT molecular complexity index is 811. The summed E-state index contributed by atoms with van der Waals surface area (Å²) in [4.78, 5) is 12.3. The molecule has 2 heterocycles. The zero-order valence-electron chi connectivity index (χ0n) is 13.3. The van der Waals surface area contributed by atoms with E-state index in [9.17, 15) is 4.79 Å². The predicted octanol–water partition coefficient (Wildman–Crippen LogP) is 3.54. The van der Waals surface area contributed by atoms with Crippen LogP contribution in [-0.2, 0) is 13.0 Å². The first-order valence-corrected chi connectivity index (χ1v) is 8.09. The molecule has 5 nitrogen and oxygen atoms in total. The highest BCUT2D eigenvalue weighted by Gasteiger charge is 2.14. The fourth-order valence-electron chi connectivity index (χ4n) is 2.48. The molecular weight excluding hydrogens is 326 g/mol. The molecule has 3 rings (SSSR count). The molecule has 0 bridgehead atoms. The smallest absolute Gasteiger partial charge is 0.287 e. The summed E-state index contributed by atoms with van der Waals surface area (Å²) in [6.07, 6.45) is 4.03. The second-order valence-electron chi connectivity index (χ2n) is 5.69. The zero-order chi connectivity index (χ0) is 16.9. The fraction of sp³-hybridized carbons (Fsp3) is 0.222. The average Bonchev–Trinajstić information content (AvgIpc) is 3.18. The van der Waals surface area contributed by atoms with Crippen molar-refractivity contribution in [2.24, 2.45) is 0 Å². The minimum atomic E-state index is -0.219. The maximum atomic E-state index is 12.3. The molecule has 24 heavy (non-hydrogen) atoms. The topological polar surface area (TPSA) is 60.1 Å². The highest BCUT2D eigenvalue weighted by Crippen LogP contribution is 2.12. The Hall–Kier alpha value is -2.53. The van der Waals surface area contributed by atoms with Gasteiger partial charge in [-0.3, -0.25) is 9.48 Å². The zero-order valence-corrected chi connectivity index (χ0v) is 14.0. The lowest BCUT2D eigenvalue weighted by atomic mass is 10.1. The number of nitrogens with one attached hydrogen (secondary N) is 1. The molecule has 0 radical (unpaired) electrons. The molecule has 0 spiro atoms. The summed E-state index contributed by atoms with van der Waals surface area (Å²) in [5.41, 5.74) is 1.18. The molecule has 124 valence electrons. The number of nitrogens with zero attached hydrogens (tertiary/aromatic N) is 2. The highest BCUT2D eigenvalue weighted by molar-refractivity contribution is 6.30. The van der Waals surface area contributed by atoms with Gasteiger partial charge in [-0.05, 0) is 31.0 Å². The minimum Gasteiger partial charge on any atom is -0.454 e. The van der Waals surface area contributed by atoms with E-state index in [0.717, 1.165) is 6.42 Å². The van der Waals surface area contributed by atoms with Crippen LogP contribution in [0.15, 0.2) is 59.3 Å². The Morgan fingerprint density at radius 3 is 2.79 bits per heavy atom. The van der Waals surface area contributed by atoms with Gasteiger partial charge in [0.2, 0.25) is 0 Å². The lowest BCUT2D eigenvalue weighted by Gasteiger charge is -2.12. The molecular formula is C18H18ClN3O2. The van der Waals surface area contributed by atoms with Crippen LogP contribution in [0.25, 0.3) is 0 Å². The van der Waals surface area contributed by atoms with Crippen molar-refractivity contribution in [3.63, 3.8) is 0 Å². The van der Waals surface area contributed by atoms with Crippen molar-refractivity contribution in [1.82, 2.24) is 15.1 Å². The number of halogens is 1. The van der Waals surface area contributed by atoms with Gasteiger partial charge in [-0.15, -0.1) is 0 Å². The van der Waals surface area contributed by atoms with E-state index in [1.807, 2.05) is 37.3 Å². The van der Waals surface area contributed by atoms with Crippen molar-refractivity contribution in [3.05, 3.63) is 77.0 Å². The third-order valence-electron chi connectivity index (χ3n) is 3.57. The third kappa shape index (κ3) is 4.26. The van der Waals surface area contributed by atoms with Gasteiger partial charge in [0, 0.05) is 12.2 Å². The van der Waals surface area contributed by atoms with Gasteiger partial charge in [-0.1, -0.05) is 41.9 Å². The molecule has 0 aliphatic heterocycles. The number of hydrogen-bond donors (Lipinski definition) is 1. The average molecular weight is 344 g/mol. The van der Waals surface area contributed by atoms with E-state index in [0.29, 0.717) is 23.1 Å². The minimum absolute atomic E-state index is 0.0124. The number of rotatable bonds is 6. The molecule has 0 aliphatic rings. The first-order valence-electron chi connectivity index (χ1n) is 7.71. The van der Waals surface area contributed by atoms with Crippen molar-refractivity contribution < 1.29 is 9.21 Å². The largest absolute Gasteiger partial charge is 0.454 e. The van der Waals surface area contributed by atoms with E-state index in [1.165, 1.54) is 5.56 Å². The number of hydrogen-bond acceptors (Lipinski definition) is 3. The first-order chi connectivity index (χ1) is 11.6. The van der Waals surface area contributed by atoms with Crippen molar-refractivity contribution in [1.29, 1.82) is 0 Å². The lowest BCUT2D eigenvalue weighted by Crippen LogP contribution is -2.33. The third-order valence-corrected chi connectivity index (χ3v) is 3.76. The summed E-state index contributed by atoms with van der Waals surface area (Å²) >= 11 is 5.83.